The third kappa shape index (κ3) is 3.36. The van der Waals surface area contributed by atoms with Crippen LogP contribution in [0.5, 0.6) is 0 Å². The predicted octanol–water partition coefficient (Wildman–Crippen LogP) is 3.62. The van der Waals surface area contributed by atoms with Gasteiger partial charge in [0.15, 0.2) is 0 Å². The van der Waals surface area contributed by atoms with Gasteiger partial charge in [-0.25, -0.2) is 35.1 Å². The Hall–Kier alpha value is -2.84. The van der Waals surface area contributed by atoms with Gasteiger partial charge in [0, 0.05) is 40.7 Å². The zero-order valence-electron chi connectivity index (χ0n) is 14.1. The average molecular weight is 400 g/mol. The van der Waals surface area contributed by atoms with E-state index in [0.29, 0.717) is 0 Å². The summed E-state index contributed by atoms with van der Waals surface area (Å²) in [6, 6.07) is 2.58. The van der Waals surface area contributed by atoms with Crippen molar-refractivity contribution in [3.63, 3.8) is 0 Å². The van der Waals surface area contributed by atoms with E-state index in [-0.39, 0.29) is 29.8 Å². The SMILES string of the molecule is Cc1ccc(F)c(B(c2c(F)cc(F)cc2F)c2c(F)cc(F)cc2F)c1F. The predicted molar refractivity (Wildman–Crippen MR) is 88.4 cm³/mol. The van der Waals surface area contributed by atoms with E-state index >= 15 is 0 Å². The first kappa shape index (κ1) is 19.9. The second kappa shape index (κ2) is 7.29. The molecule has 0 aliphatic heterocycles. The molecule has 0 N–H and O–H groups in total. The lowest BCUT2D eigenvalue weighted by Crippen LogP contribution is -2.59. The van der Waals surface area contributed by atoms with E-state index < -0.39 is 69.6 Å². The molecule has 0 spiro atoms. The summed E-state index contributed by atoms with van der Waals surface area (Å²) < 4.78 is 113. The molecule has 0 aromatic heterocycles. The molecule has 0 atom stereocenters. The molecule has 0 amide bonds. The number of hydrogen-bond acceptors (Lipinski definition) is 0. The second-order valence-electron chi connectivity index (χ2n) is 6.09. The minimum atomic E-state index is -2.32. The summed E-state index contributed by atoms with van der Waals surface area (Å²) in [5, 5.41) is 0. The molecule has 0 aliphatic carbocycles. The molecule has 0 radical (unpaired) electrons. The highest BCUT2D eigenvalue weighted by atomic mass is 19.2. The average Bonchev–Trinajstić information content (AvgIpc) is 2.56. The van der Waals surface area contributed by atoms with Gasteiger partial charge in [-0.1, -0.05) is 6.07 Å². The maximum Gasteiger partial charge on any atom is 0.264 e. The van der Waals surface area contributed by atoms with Gasteiger partial charge in [-0.05, 0) is 18.6 Å². The maximum atomic E-state index is 14.7. The fraction of sp³-hybridized carbons (Fsp3) is 0.0526. The van der Waals surface area contributed by atoms with Crippen LogP contribution in [0, 0.1) is 53.5 Å². The summed E-state index contributed by atoms with van der Waals surface area (Å²) in [7, 11) is 0. The van der Waals surface area contributed by atoms with Gasteiger partial charge < -0.3 is 0 Å². The first-order valence-electron chi connectivity index (χ1n) is 7.85. The zero-order chi connectivity index (χ0) is 20.7. The van der Waals surface area contributed by atoms with Gasteiger partial charge in [0.2, 0.25) is 0 Å². The molecule has 0 fully saturated rings. The first-order chi connectivity index (χ1) is 13.1. The molecule has 0 bridgehead atoms. The second-order valence-corrected chi connectivity index (χ2v) is 6.09. The maximum absolute atomic E-state index is 14.7. The lowest BCUT2D eigenvalue weighted by molar-refractivity contribution is 0.550. The van der Waals surface area contributed by atoms with Crippen molar-refractivity contribution in [2.24, 2.45) is 0 Å². The Kier molecular flexibility index (Phi) is 5.19. The summed E-state index contributed by atoms with van der Waals surface area (Å²) in [4.78, 5) is 0. The van der Waals surface area contributed by atoms with Crippen LogP contribution in [0.4, 0.5) is 35.1 Å². The Balaban J connectivity index is 2.47. The Labute approximate surface area is 154 Å². The molecule has 0 saturated carbocycles. The Morgan fingerprint density at radius 3 is 1.32 bits per heavy atom. The van der Waals surface area contributed by atoms with Crippen molar-refractivity contribution in [1.82, 2.24) is 0 Å². The van der Waals surface area contributed by atoms with Crippen LogP contribution in [0.15, 0.2) is 36.4 Å². The summed E-state index contributed by atoms with van der Waals surface area (Å²) in [5.74, 6) is -11.8. The van der Waals surface area contributed by atoms with Crippen LogP contribution >= 0.6 is 0 Å². The summed E-state index contributed by atoms with van der Waals surface area (Å²) in [6.45, 7) is -1.12. The third-order valence-electron chi connectivity index (χ3n) is 4.27. The van der Waals surface area contributed by atoms with E-state index in [1.54, 1.807) is 0 Å². The lowest BCUT2D eigenvalue weighted by atomic mass is 9.36. The Morgan fingerprint density at radius 1 is 0.536 bits per heavy atom. The monoisotopic (exact) mass is 400 g/mol. The fourth-order valence-corrected chi connectivity index (χ4v) is 3.03. The van der Waals surface area contributed by atoms with Crippen LogP contribution in [-0.4, -0.2) is 6.71 Å². The highest BCUT2D eigenvalue weighted by Crippen LogP contribution is 2.14. The Morgan fingerprint density at radius 2 is 0.929 bits per heavy atom. The van der Waals surface area contributed by atoms with Crippen LogP contribution in [0.2, 0.25) is 0 Å². The smallest absolute Gasteiger partial charge is 0.207 e. The van der Waals surface area contributed by atoms with Gasteiger partial charge in [-0.2, -0.15) is 0 Å². The van der Waals surface area contributed by atoms with Gasteiger partial charge in [0.05, 0.1) is 0 Å². The highest BCUT2D eigenvalue weighted by Gasteiger charge is 2.38. The molecular weight excluding hydrogens is 391 g/mol. The molecule has 144 valence electrons. The largest absolute Gasteiger partial charge is 0.264 e. The van der Waals surface area contributed by atoms with Gasteiger partial charge in [-0.15, -0.1) is 0 Å². The number of rotatable bonds is 3. The normalized spacial score (nSPS) is 11.0. The van der Waals surface area contributed by atoms with E-state index in [9.17, 15) is 35.1 Å². The highest BCUT2D eigenvalue weighted by molar-refractivity contribution is 6.95. The molecule has 0 aliphatic rings. The van der Waals surface area contributed by atoms with Crippen LogP contribution < -0.4 is 16.4 Å². The van der Waals surface area contributed by atoms with Gasteiger partial charge in [0.1, 0.15) is 46.5 Å². The molecule has 3 aromatic carbocycles. The number of hydrogen-bond donors (Lipinski definition) is 0. The van der Waals surface area contributed by atoms with Crippen molar-refractivity contribution >= 4 is 23.1 Å². The van der Waals surface area contributed by atoms with Crippen LogP contribution in [0.1, 0.15) is 5.56 Å². The minimum Gasteiger partial charge on any atom is -0.207 e. The molecule has 28 heavy (non-hydrogen) atoms. The van der Waals surface area contributed by atoms with Crippen LogP contribution in [0.25, 0.3) is 0 Å². The standard InChI is InChI=1S/C19H9BF8/c1-8-2-3-11(23)18(19(8)28)20(16-12(24)4-9(21)5-13(16)25)17-14(26)6-10(22)7-15(17)27/h2-7H,1H3. The topological polar surface area (TPSA) is 0 Å². The zero-order valence-corrected chi connectivity index (χ0v) is 14.1. The van der Waals surface area contributed by atoms with E-state index in [1.807, 2.05) is 0 Å². The summed E-state index contributed by atoms with van der Waals surface area (Å²) >= 11 is 0. The van der Waals surface area contributed by atoms with Gasteiger partial charge in [-0.3, -0.25) is 0 Å². The van der Waals surface area contributed by atoms with E-state index in [2.05, 4.69) is 0 Å². The quantitative estimate of drug-likeness (QED) is 0.466. The molecule has 3 aromatic rings. The number of halogens is 8. The molecule has 0 unspecified atom stereocenters. The van der Waals surface area contributed by atoms with E-state index in [1.165, 1.54) is 6.92 Å². The molecule has 9 heteroatoms. The molecule has 0 nitrogen and oxygen atoms in total. The molecule has 0 saturated heterocycles. The molecule has 0 heterocycles. The van der Waals surface area contributed by atoms with Crippen LogP contribution in [0.3, 0.4) is 0 Å². The van der Waals surface area contributed by atoms with Crippen molar-refractivity contribution in [2.75, 3.05) is 0 Å². The van der Waals surface area contributed by atoms with Crippen molar-refractivity contribution in [3.8, 4) is 0 Å². The van der Waals surface area contributed by atoms with E-state index in [4.69, 9.17) is 0 Å². The Bertz CT molecular complexity index is 976. The first-order valence-corrected chi connectivity index (χ1v) is 7.85. The lowest BCUT2D eigenvalue weighted by Gasteiger charge is -2.20. The van der Waals surface area contributed by atoms with Crippen molar-refractivity contribution < 1.29 is 35.1 Å². The van der Waals surface area contributed by atoms with Crippen LogP contribution in [-0.2, 0) is 0 Å². The number of aryl methyl sites for hydroxylation is 1. The van der Waals surface area contributed by atoms with E-state index in [0.717, 1.165) is 12.1 Å². The van der Waals surface area contributed by atoms with Gasteiger partial charge >= 0.3 is 0 Å². The summed E-state index contributed by atoms with van der Waals surface area (Å²) in [6.07, 6.45) is 0. The van der Waals surface area contributed by atoms with Crippen molar-refractivity contribution in [3.05, 3.63) is 88.5 Å². The third-order valence-corrected chi connectivity index (χ3v) is 4.27. The van der Waals surface area contributed by atoms with Crippen molar-refractivity contribution in [1.29, 1.82) is 0 Å². The number of benzene rings is 3. The van der Waals surface area contributed by atoms with Crippen molar-refractivity contribution in [2.45, 2.75) is 6.92 Å². The summed E-state index contributed by atoms with van der Waals surface area (Å²) in [5.41, 5.74) is -3.61. The molecular formula is C19H9BF8. The minimum absolute atomic E-state index is 0.174. The fourth-order valence-electron chi connectivity index (χ4n) is 3.03. The van der Waals surface area contributed by atoms with Gasteiger partial charge in [0.25, 0.3) is 6.71 Å². The molecule has 3 rings (SSSR count).